The summed E-state index contributed by atoms with van der Waals surface area (Å²) < 4.78 is 0. The van der Waals surface area contributed by atoms with E-state index in [-0.39, 0.29) is 28.8 Å². The van der Waals surface area contributed by atoms with Gasteiger partial charge in [-0.2, -0.15) is 0 Å². The molecule has 1 aliphatic rings. The van der Waals surface area contributed by atoms with Crippen LogP contribution in [-0.4, -0.2) is 53.4 Å². The summed E-state index contributed by atoms with van der Waals surface area (Å²) in [6, 6.07) is 4.20. The Balaban J connectivity index is 2.28. The predicted octanol–water partition coefficient (Wildman–Crippen LogP) is 0.667. The minimum atomic E-state index is -0.460. The van der Waals surface area contributed by atoms with Crippen LogP contribution in [0.4, 0.5) is 5.69 Å². The van der Waals surface area contributed by atoms with E-state index in [4.69, 9.17) is 5.73 Å². The molecule has 0 saturated carbocycles. The van der Waals surface area contributed by atoms with E-state index in [1.807, 2.05) is 0 Å². The normalized spacial score (nSPS) is 18.1. The molecule has 1 aliphatic heterocycles. The third-order valence-corrected chi connectivity index (χ3v) is 3.54. The van der Waals surface area contributed by atoms with Gasteiger partial charge in [0, 0.05) is 20.6 Å². The van der Waals surface area contributed by atoms with E-state index in [9.17, 15) is 14.7 Å². The molecule has 1 aromatic carbocycles. The molecule has 1 unspecified atom stereocenters. The van der Waals surface area contributed by atoms with Gasteiger partial charge in [0.15, 0.2) is 5.75 Å². The van der Waals surface area contributed by atoms with Gasteiger partial charge in [-0.25, -0.2) is 0 Å². The maximum Gasteiger partial charge on any atom is 0.258 e. The number of aromatic hydroxyl groups is 1. The van der Waals surface area contributed by atoms with Gasteiger partial charge in [-0.3, -0.25) is 9.59 Å². The first-order valence-electron chi connectivity index (χ1n) is 6.53. The minimum Gasteiger partial charge on any atom is -0.505 e. The number of hydrogen-bond acceptors (Lipinski definition) is 4. The molecule has 2 amide bonds. The zero-order valence-corrected chi connectivity index (χ0v) is 11.7. The summed E-state index contributed by atoms with van der Waals surface area (Å²) in [5, 5.41) is 9.89. The maximum atomic E-state index is 12.5. The van der Waals surface area contributed by atoms with Crippen molar-refractivity contribution < 1.29 is 14.7 Å². The number of rotatable bonds is 2. The first-order valence-corrected chi connectivity index (χ1v) is 6.53. The maximum absolute atomic E-state index is 12.5. The van der Waals surface area contributed by atoms with Gasteiger partial charge in [0.25, 0.3) is 5.91 Å². The van der Waals surface area contributed by atoms with Crippen molar-refractivity contribution in [3.63, 3.8) is 0 Å². The van der Waals surface area contributed by atoms with E-state index in [2.05, 4.69) is 0 Å². The fourth-order valence-corrected chi connectivity index (χ4v) is 2.45. The topological polar surface area (TPSA) is 86.9 Å². The number of carbonyl (C=O) groups is 2. The molecule has 0 bridgehead atoms. The fourth-order valence-electron chi connectivity index (χ4n) is 2.45. The van der Waals surface area contributed by atoms with Crippen molar-refractivity contribution in [2.75, 3.05) is 26.4 Å². The van der Waals surface area contributed by atoms with Crippen LogP contribution in [0.2, 0.25) is 0 Å². The second kappa shape index (κ2) is 5.40. The smallest absolute Gasteiger partial charge is 0.258 e. The molecule has 3 N–H and O–H groups in total. The monoisotopic (exact) mass is 277 g/mol. The van der Waals surface area contributed by atoms with Gasteiger partial charge < -0.3 is 20.6 Å². The third-order valence-electron chi connectivity index (χ3n) is 3.54. The number of benzene rings is 1. The van der Waals surface area contributed by atoms with Crippen molar-refractivity contribution >= 4 is 17.5 Å². The SMILES string of the molecule is CN(C)C(=O)C1CCCN1C(=O)c1cccc(N)c1O. The number of anilines is 1. The van der Waals surface area contributed by atoms with Gasteiger partial charge in [0.2, 0.25) is 5.91 Å². The van der Waals surface area contributed by atoms with Crippen LogP contribution in [0.5, 0.6) is 5.75 Å². The van der Waals surface area contributed by atoms with Crippen LogP contribution in [0.3, 0.4) is 0 Å². The molecule has 1 atom stereocenters. The van der Waals surface area contributed by atoms with Gasteiger partial charge in [0.1, 0.15) is 6.04 Å². The number of nitrogen functional groups attached to an aromatic ring is 1. The molecule has 6 nitrogen and oxygen atoms in total. The van der Waals surface area contributed by atoms with Gasteiger partial charge in [-0.05, 0) is 25.0 Å². The number of amides is 2. The molecule has 6 heteroatoms. The molecule has 1 aromatic rings. The Labute approximate surface area is 117 Å². The van der Waals surface area contributed by atoms with Crippen molar-refractivity contribution in [1.82, 2.24) is 9.80 Å². The molecule has 108 valence electrons. The first-order chi connectivity index (χ1) is 9.43. The van der Waals surface area contributed by atoms with Crippen LogP contribution in [0.15, 0.2) is 18.2 Å². The number of nitrogens with two attached hydrogens (primary N) is 1. The van der Waals surface area contributed by atoms with E-state index < -0.39 is 6.04 Å². The van der Waals surface area contributed by atoms with Crippen molar-refractivity contribution in [2.45, 2.75) is 18.9 Å². The second-order valence-electron chi connectivity index (χ2n) is 5.13. The van der Waals surface area contributed by atoms with Gasteiger partial charge >= 0.3 is 0 Å². The largest absolute Gasteiger partial charge is 0.505 e. The summed E-state index contributed by atoms with van der Waals surface area (Å²) in [7, 11) is 3.34. The van der Waals surface area contributed by atoms with Crippen LogP contribution in [0.1, 0.15) is 23.2 Å². The number of likely N-dealkylation sites (N-methyl/N-ethyl adjacent to an activating group) is 1. The van der Waals surface area contributed by atoms with Crippen molar-refractivity contribution in [1.29, 1.82) is 0 Å². The molecule has 1 saturated heterocycles. The Morgan fingerprint density at radius 1 is 1.40 bits per heavy atom. The molecule has 0 spiro atoms. The van der Waals surface area contributed by atoms with Crippen molar-refractivity contribution in [3.05, 3.63) is 23.8 Å². The zero-order chi connectivity index (χ0) is 14.9. The average molecular weight is 277 g/mol. The number of para-hydroxylation sites is 1. The van der Waals surface area contributed by atoms with Gasteiger partial charge in [-0.15, -0.1) is 0 Å². The summed E-state index contributed by atoms with van der Waals surface area (Å²) >= 11 is 0. The Morgan fingerprint density at radius 2 is 2.10 bits per heavy atom. The average Bonchev–Trinajstić information content (AvgIpc) is 2.89. The number of phenolic OH excluding ortho intramolecular Hbond substituents is 1. The Hall–Kier alpha value is -2.24. The van der Waals surface area contributed by atoms with Gasteiger partial charge in [0.05, 0.1) is 11.3 Å². The van der Waals surface area contributed by atoms with Crippen molar-refractivity contribution in [3.8, 4) is 5.75 Å². The molecule has 0 radical (unpaired) electrons. The van der Waals surface area contributed by atoms with E-state index in [1.54, 1.807) is 20.2 Å². The van der Waals surface area contributed by atoms with E-state index in [1.165, 1.54) is 21.9 Å². The quantitative estimate of drug-likeness (QED) is 0.614. The lowest BCUT2D eigenvalue weighted by Crippen LogP contribution is -2.45. The molecule has 1 fully saturated rings. The van der Waals surface area contributed by atoms with Crippen molar-refractivity contribution in [2.24, 2.45) is 0 Å². The van der Waals surface area contributed by atoms with Gasteiger partial charge in [-0.1, -0.05) is 6.07 Å². The highest BCUT2D eigenvalue weighted by molar-refractivity contribution is 6.01. The molecular formula is C14H19N3O3. The molecule has 2 rings (SSSR count). The van der Waals surface area contributed by atoms with E-state index in [0.29, 0.717) is 13.0 Å². The number of carbonyl (C=O) groups excluding carboxylic acids is 2. The third kappa shape index (κ3) is 2.41. The summed E-state index contributed by atoms with van der Waals surface area (Å²) in [6.45, 7) is 0.511. The lowest BCUT2D eigenvalue weighted by molar-refractivity contribution is -0.132. The fraction of sp³-hybridized carbons (Fsp3) is 0.429. The highest BCUT2D eigenvalue weighted by Crippen LogP contribution is 2.28. The zero-order valence-electron chi connectivity index (χ0n) is 11.7. The van der Waals surface area contributed by atoms with E-state index in [0.717, 1.165) is 6.42 Å². The number of hydrogen-bond donors (Lipinski definition) is 2. The molecule has 1 heterocycles. The standard InChI is InChI=1S/C14H19N3O3/c1-16(2)14(20)11-7-4-8-17(11)13(19)9-5-3-6-10(15)12(9)18/h3,5-6,11,18H,4,7-8,15H2,1-2H3. The van der Waals surface area contributed by atoms with Crippen LogP contribution in [0.25, 0.3) is 0 Å². The molecule has 0 aliphatic carbocycles. The Bertz CT molecular complexity index is 542. The highest BCUT2D eigenvalue weighted by atomic mass is 16.3. The van der Waals surface area contributed by atoms with E-state index >= 15 is 0 Å². The highest BCUT2D eigenvalue weighted by Gasteiger charge is 2.36. The molecule has 0 aromatic heterocycles. The Morgan fingerprint density at radius 3 is 2.75 bits per heavy atom. The minimum absolute atomic E-state index is 0.0979. The second-order valence-corrected chi connectivity index (χ2v) is 5.13. The summed E-state index contributed by atoms with van der Waals surface area (Å²) in [5.41, 5.74) is 5.90. The first kappa shape index (κ1) is 14.2. The molecular weight excluding hydrogens is 258 g/mol. The molecule has 20 heavy (non-hydrogen) atoms. The van der Waals surface area contributed by atoms with Crippen LogP contribution < -0.4 is 5.73 Å². The number of likely N-dealkylation sites (tertiary alicyclic amines) is 1. The summed E-state index contributed by atoms with van der Waals surface area (Å²) in [4.78, 5) is 27.6. The van der Waals surface area contributed by atoms with Crippen LogP contribution >= 0.6 is 0 Å². The number of nitrogens with zero attached hydrogens (tertiary/aromatic N) is 2. The lowest BCUT2D eigenvalue weighted by Gasteiger charge is -2.26. The summed E-state index contributed by atoms with van der Waals surface area (Å²) in [5.74, 6) is -0.674. The predicted molar refractivity (Wildman–Crippen MR) is 75.3 cm³/mol. The number of phenols is 1. The van der Waals surface area contributed by atoms with Crippen LogP contribution in [-0.2, 0) is 4.79 Å². The van der Waals surface area contributed by atoms with Crippen LogP contribution in [0, 0.1) is 0 Å². The Kier molecular flexibility index (Phi) is 3.83. The lowest BCUT2D eigenvalue weighted by atomic mass is 10.1. The summed E-state index contributed by atoms with van der Waals surface area (Å²) in [6.07, 6.45) is 1.42.